The fraction of sp³-hybridized carbons (Fsp3) is 0.441. The van der Waals surface area contributed by atoms with Gasteiger partial charge in [0.15, 0.2) is 0 Å². The van der Waals surface area contributed by atoms with Crippen LogP contribution in [0.4, 0.5) is 10.6 Å². The fourth-order valence-corrected chi connectivity index (χ4v) is 6.51. The second-order valence-electron chi connectivity index (χ2n) is 12.6. The molecule has 8 nitrogen and oxygen atoms in total. The Morgan fingerprint density at radius 1 is 1.00 bits per heavy atom. The molecule has 2 aromatic carbocycles. The molecule has 220 valence electrons. The predicted molar refractivity (Wildman–Crippen MR) is 163 cm³/mol. The van der Waals surface area contributed by atoms with E-state index >= 15 is 0 Å². The van der Waals surface area contributed by atoms with Gasteiger partial charge in [0.2, 0.25) is 0 Å². The quantitative estimate of drug-likeness (QED) is 0.385. The molecule has 6 rings (SSSR count). The Bertz CT molecular complexity index is 1510. The van der Waals surface area contributed by atoms with E-state index in [4.69, 9.17) is 15.2 Å². The summed E-state index contributed by atoms with van der Waals surface area (Å²) in [6, 6.07) is 14.5. The normalized spacial score (nSPS) is 19.4. The summed E-state index contributed by atoms with van der Waals surface area (Å²) in [5, 5.41) is 2.90. The third-order valence-electron chi connectivity index (χ3n) is 8.58. The van der Waals surface area contributed by atoms with Crippen LogP contribution in [0.5, 0.6) is 0 Å². The van der Waals surface area contributed by atoms with E-state index in [1.807, 2.05) is 44.0 Å². The van der Waals surface area contributed by atoms with E-state index < -0.39 is 5.60 Å². The van der Waals surface area contributed by atoms with E-state index in [9.17, 15) is 9.59 Å². The standard InChI is InChI=1S/C34H40N4O4/c1-34(2,3)42-33(40)38-14-4-5-30(38)29-18-22(6-8-26(29)21-11-15-41-16-12-21)25-19-28(31(35)37-20-25)23-7-9-27-24(17-23)10-13-36-32(27)39/h6-9,17-21,30H,4-5,10-16H2,1-3H3,(H2,35,37)(H,36,39)/t30-/m0/s1. The van der Waals surface area contributed by atoms with Gasteiger partial charge >= 0.3 is 6.09 Å². The fourth-order valence-electron chi connectivity index (χ4n) is 6.51. The Hall–Kier alpha value is -3.91. The molecular formula is C34H40N4O4. The molecule has 3 aromatic rings. The second kappa shape index (κ2) is 11.4. The van der Waals surface area contributed by atoms with Crippen molar-refractivity contribution in [2.75, 3.05) is 32.0 Å². The van der Waals surface area contributed by atoms with Gasteiger partial charge in [-0.3, -0.25) is 4.79 Å². The maximum atomic E-state index is 13.3. The van der Waals surface area contributed by atoms with Gasteiger partial charge in [-0.1, -0.05) is 24.3 Å². The van der Waals surface area contributed by atoms with Crippen LogP contribution >= 0.6 is 0 Å². The van der Waals surface area contributed by atoms with Crippen LogP contribution in [0.25, 0.3) is 22.3 Å². The van der Waals surface area contributed by atoms with E-state index in [-0.39, 0.29) is 18.0 Å². The van der Waals surface area contributed by atoms with Gasteiger partial charge in [-0.2, -0.15) is 0 Å². The lowest BCUT2D eigenvalue weighted by molar-refractivity contribution is 0.0222. The molecule has 0 bridgehead atoms. The number of nitrogens with zero attached hydrogens (tertiary/aromatic N) is 2. The molecule has 2 amide bonds. The number of aromatic nitrogens is 1. The minimum absolute atomic E-state index is 0.0351. The summed E-state index contributed by atoms with van der Waals surface area (Å²) in [7, 11) is 0. The van der Waals surface area contributed by atoms with Gasteiger partial charge in [-0.05, 0) is 105 Å². The zero-order chi connectivity index (χ0) is 29.4. The Morgan fingerprint density at radius 3 is 2.57 bits per heavy atom. The summed E-state index contributed by atoms with van der Waals surface area (Å²) >= 11 is 0. The van der Waals surface area contributed by atoms with Gasteiger partial charge in [-0.15, -0.1) is 0 Å². The number of hydrogen-bond acceptors (Lipinski definition) is 6. The van der Waals surface area contributed by atoms with Crippen molar-refractivity contribution in [1.29, 1.82) is 0 Å². The van der Waals surface area contributed by atoms with Gasteiger partial charge in [-0.25, -0.2) is 9.78 Å². The molecule has 42 heavy (non-hydrogen) atoms. The van der Waals surface area contributed by atoms with Crippen LogP contribution in [0.1, 0.15) is 85.5 Å². The number of fused-ring (bicyclic) bond motifs is 1. The number of anilines is 1. The Kier molecular flexibility index (Phi) is 7.66. The highest BCUT2D eigenvalue weighted by Crippen LogP contribution is 2.42. The van der Waals surface area contributed by atoms with Gasteiger partial charge in [0.1, 0.15) is 11.4 Å². The van der Waals surface area contributed by atoms with Crippen molar-refractivity contribution in [3.05, 3.63) is 70.9 Å². The van der Waals surface area contributed by atoms with E-state index in [0.29, 0.717) is 30.4 Å². The summed E-state index contributed by atoms with van der Waals surface area (Å²) in [4.78, 5) is 32.0. The number of hydrogen-bond donors (Lipinski definition) is 2. The average Bonchev–Trinajstić information content (AvgIpc) is 3.47. The third kappa shape index (κ3) is 5.73. The number of amides is 2. The van der Waals surface area contributed by atoms with E-state index in [2.05, 4.69) is 40.6 Å². The summed E-state index contributed by atoms with van der Waals surface area (Å²) in [6.45, 7) is 8.54. The molecule has 2 saturated heterocycles. The molecule has 2 fully saturated rings. The first-order valence-electron chi connectivity index (χ1n) is 15.1. The van der Waals surface area contributed by atoms with Crippen molar-refractivity contribution in [3.63, 3.8) is 0 Å². The highest BCUT2D eigenvalue weighted by Gasteiger charge is 2.35. The van der Waals surface area contributed by atoms with Crippen molar-refractivity contribution < 1.29 is 19.1 Å². The monoisotopic (exact) mass is 568 g/mol. The van der Waals surface area contributed by atoms with Crippen molar-refractivity contribution in [1.82, 2.24) is 15.2 Å². The lowest BCUT2D eigenvalue weighted by atomic mass is 9.83. The molecular weight excluding hydrogens is 528 g/mol. The molecule has 1 aromatic heterocycles. The molecule has 0 aliphatic carbocycles. The van der Waals surface area contributed by atoms with Gasteiger partial charge in [0, 0.05) is 49.2 Å². The molecule has 0 saturated carbocycles. The maximum Gasteiger partial charge on any atom is 0.410 e. The number of nitrogen functional groups attached to an aromatic ring is 1. The zero-order valence-corrected chi connectivity index (χ0v) is 24.7. The predicted octanol–water partition coefficient (Wildman–Crippen LogP) is 6.25. The minimum atomic E-state index is -0.553. The van der Waals surface area contributed by atoms with Gasteiger partial charge < -0.3 is 25.4 Å². The number of likely N-dealkylation sites (tertiary alicyclic amines) is 1. The minimum Gasteiger partial charge on any atom is -0.444 e. The second-order valence-corrected chi connectivity index (χ2v) is 12.6. The Labute approximate surface area is 247 Å². The average molecular weight is 569 g/mol. The first-order chi connectivity index (χ1) is 20.2. The van der Waals surface area contributed by atoms with Crippen LogP contribution in [0.2, 0.25) is 0 Å². The van der Waals surface area contributed by atoms with Crippen molar-refractivity contribution in [2.45, 2.75) is 70.4 Å². The number of rotatable bonds is 4. The molecule has 0 unspecified atom stereocenters. The van der Waals surface area contributed by atoms with E-state index in [1.54, 1.807) is 0 Å². The summed E-state index contributed by atoms with van der Waals surface area (Å²) in [5.74, 6) is 0.800. The summed E-state index contributed by atoms with van der Waals surface area (Å²) in [6.07, 6.45) is 6.11. The van der Waals surface area contributed by atoms with Crippen molar-refractivity contribution in [3.8, 4) is 22.3 Å². The van der Waals surface area contributed by atoms with Crippen molar-refractivity contribution in [2.24, 2.45) is 0 Å². The zero-order valence-electron chi connectivity index (χ0n) is 24.7. The Balaban J connectivity index is 1.39. The number of carbonyl (C=O) groups excluding carboxylic acids is 2. The van der Waals surface area contributed by atoms with Crippen LogP contribution < -0.4 is 11.1 Å². The number of carbonyl (C=O) groups is 2. The molecule has 8 heteroatoms. The maximum absolute atomic E-state index is 13.3. The molecule has 0 radical (unpaired) electrons. The van der Waals surface area contributed by atoms with Gasteiger partial charge in [0.05, 0.1) is 6.04 Å². The van der Waals surface area contributed by atoms with Crippen LogP contribution in [0.15, 0.2) is 48.7 Å². The molecule has 3 aliphatic rings. The molecule has 3 aliphatic heterocycles. The Morgan fingerprint density at radius 2 is 1.79 bits per heavy atom. The lowest BCUT2D eigenvalue weighted by Gasteiger charge is -2.32. The van der Waals surface area contributed by atoms with Crippen LogP contribution in [-0.4, -0.2) is 53.8 Å². The number of nitrogens with one attached hydrogen (secondary N) is 1. The van der Waals surface area contributed by atoms with Crippen LogP contribution in [-0.2, 0) is 15.9 Å². The lowest BCUT2D eigenvalue weighted by Crippen LogP contribution is -2.36. The summed E-state index contributed by atoms with van der Waals surface area (Å²) < 4.78 is 11.5. The van der Waals surface area contributed by atoms with E-state index in [1.165, 1.54) is 11.1 Å². The molecule has 0 spiro atoms. The topological polar surface area (TPSA) is 107 Å². The third-order valence-corrected chi connectivity index (χ3v) is 8.58. The van der Waals surface area contributed by atoms with E-state index in [0.717, 1.165) is 73.1 Å². The highest BCUT2D eigenvalue weighted by molar-refractivity contribution is 5.97. The first-order valence-corrected chi connectivity index (χ1v) is 15.1. The number of pyridine rings is 1. The van der Waals surface area contributed by atoms with Crippen molar-refractivity contribution >= 4 is 17.8 Å². The number of ether oxygens (including phenoxy) is 2. The smallest absolute Gasteiger partial charge is 0.410 e. The highest BCUT2D eigenvalue weighted by atomic mass is 16.6. The molecule has 1 atom stereocenters. The van der Waals surface area contributed by atoms with Crippen LogP contribution in [0, 0.1) is 0 Å². The first kappa shape index (κ1) is 28.2. The molecule has 3 N–H and O–H groups in total. The number of nitrogens with two attached hydrogens (primary N) is 1. The largest absolute Gasteiger partial charge is 0.444 e. The number of benzene rings is 2. The molecule has 4 heterocycles. The van der Waals surface area contributed by atoms with Gasteiger partial charge in [0.25, 0.3) is 5.91 Å². The van der Waals surface area contributed by atoms with Crippen LogP contribution in [0.3, 0.4) is 0 Å². The summed E-state index contributed by atoms with van der Waals surface area (Å²) in [5.41, 5.74) is 13.8. The SMILES string of the molecule is CC(C)(C)OC(=O)N1CCC[C@H]1c1cc(-c2cnc(N)c(-c3ccc4c(c3)CCNC4=O)c2)ccc1C1CCOCC1.